The molecular formula is C16H24N2O. The van der Waals surface area contributed by atoms with Crippen LogP contribution in [0.3, 0.4) is 0 Å². The number of fused-ring (bicyclic) bond motifs is 1. The summed E-state index contributed by atoms with van der Waals surface area (Å²) in [6.45, 7) is 9.86. The van der Waals surface area contributed by atoms with E-state index < -0.39 is 0 Å². The topological polar surface area (TPSA) is 38.1 Å². The molecule has 0 amide bonds. The van der Waals surface area contributed by atoms with Crippen molar-refractivity contribution in [2.45, 2.75) is 47.1 Å². The molecule has 1 heterocycles. The molecule has 0 saturated heterocycles. The summed E-state index contributed by atoms with van der Waals surface area (Å²) < 4.78 is 2.28. The van der Waals surface area contributed by atoms with Crippen LogP contribution in [-0.2, 0) is 13.0 Å². The summed E-state index contributed by atoms with van der Waals surface area (Å²) in [6.07, 6.45) is 1.77. The van der Waals surface area contributed by atoms with E-state index in [2.05, 4.69) is 49.4 Å². The molecule has 0 aliphatic heterocycles. The first-order valence-corrected chi connectivity index (χ1v) is 7.10. The van der Waals surface area contributed by atoms with Crippen molar-refractivity contribution in [3.8, 4) is 0 Å². The van der Waals surface area contributed by atoms with Gasteiger partial charge in [0.25, 0.3) is 0 Å². The van der Waals surface area contributed by atoms with Crippen LogP contribution in [0.5, 0.6) is 0 Å². The minimum absolute atomic E-state index is 0.156. The van der Waals surface area contributed by atoms with E-state index in [-0.39, 0.29) is 6.61 Å². The second kappa shape index (κ2) is 5.74. The van der Waals surface area contributed by atoms with Gasteiger partial charge in [-0.3, -0.25) is 0 Å². The zero-order chi connectivity index (χ0) is 14.0. The second-order valence-electron chi connectivity index (χ2n) is 5.76. The van der Waals surface area contributed by atoms with E-state index in [4.69, 9.17) is 0 Å². The minimum atomic E-state index is 0.156. The van der Waals surface area contributed by atoms with Gasteiger partial charge in [-0.15, -0.1) is 0 Å². The third kappa shape index (κ3) is 2.98. The molecule has 0 atom stereocenters. The summed E-state index contributed by atoms with van der Waals surface area (Å²) in [5.74, 6) is 1.68. The second-order valence-corrected chi connectivity index (χ2v) is 5.76. The number of benzene rings is 1. The molecular weight excluding hydrogens is 236 g/mol. The number of hydrogen-bond acceptors (Lipinski definition) is 2. The van der Waals surface area contributed by atoms with Gasteiger partial charge in [-0.25, -0.2) is 4.98 Å². The van der Waals surface area contributed by atoms with Crippen molar-refractivity contribution in [3.05, 3.63) is 29.1 Å². The van der Waals surface area contributed by atoms with Crippen LogP contribution < -0.4 is 0 Å². The van der Waals surface area contributed by atoms with Crippen molar-refractivity contribution in [2.24, 2.45) is 5.92 Å². The highest BCUT2D eigenvalue weighted by molar-refractivity contribution is 5.78. The fourth-order valence-corrected chi connectivity index (χ4v) is 2.36. The van der Waals surface area contributed by atoms with Gasteiger partial charge in [-0.05, 0) is 49.4 Å². The summed E-state index contributed by atoms with van der Waals surface area (Å²) >= 11 is 0. The largest absolute Gasteiger partial charge is 0.396 e. The Kier molecular flexibility index (Phi) is 4.25. The van der Waals surface area contributed by atoms with Gasteiger partial charge in [0.15, 0.2) is 0 Å². The molecule has 0 spiro atoms. The molecule has 3 heteroatoms. The predicted molar refractivity (Wildman–Crippen MR) is 79.5 cm³/mol. The lowest BCUT2D eigenvalue weighted by molar-refractivity contribution is 0.294. The highest BCUT2D eigenvalue weighted by Gasteiger charge is 2.12. The van der Waals surface area contributed by atoms with Crippen molar-refractivity contribution in [3.63, 3.8) is 0 Å². The molecule has 0 unspecified atom stereocenters. The van der Waals surface area contributed by atoms with Crippen molar-refractivity contribution in [1.82, 2.24) is 9.55 Å². The zero-order valence-corrected chi connectivity index (χ0v) is 12.4. The molecule has 1 aromatic carbocycles. The number of rotatable bonds is 5. The highest BCUT2D eigenvalue weighted by Crippen LogP contribution is 2.22. The average Bonchev–Trinajstić information content (AvgIpc) is 2.65. The Bertz CT molecular complexity index is 570. The van der Waals surface area contributed by atoms with E-state index in [0.717, 1.165) is 24.3 Å². The Labute approximate surface area is 115 Å². The van der Waals surface area contributed by atoms with Gasteiger partial charge in [0.1, 0.15) is 5.82 Å². The fourth-order valence-electron chi connectivity index (χ4n) is 2.36. The van der Waals surface area contributed by atoms with E-state index in [1.165, 1.54) is 16.6 Å². The number of hydrogen-bond donors (Lipinski definition) is 1. The van der Waals surface area contributed by atoms with Crippen LogP contribution in [0, 0.1) is 19.8 Å². The van der Waals surface area contributed by atoms with E-state index in [9.17, 15) is 5.11 Å². The fraction of sp³-hybridized carbons (Fsp3) is 0.562. The standard InChI is InChI=1S/C16H24N2O/c1-11(2)5-7-18-15-10-13(4)12(3)9-14(15)17-16(18)6-8-19/h9-11,19H,5-8H2,1-4H3. The number of imidazole rings is 1. The molecule has 104 valence electrons. The van der Waals surface area contributed by atoms with Gasteiger partial charge in [0, 0.05) is 13.0 Å². The lowest BCUT2D eigenvalue weighted by atomic mass is 10.1. The van der Waals surface area contributed by atoms with Gasteiger partial charge in [-0.2, -0.15) is 0 Å². The molecule has 0 aliphatic carbocycles. The van der Waals surface area contributed by atoms with Crippen molar-refractivity contribution in [1.29, 1.82) is 0 Å². The summed E-state index contributed by atoms with van der Waals surface area (Å²) in [5, 5.41) is 9.20. The lowest BCUT2D eigenvalue weighted by Gasteiger charge is -2.11. The van der Waals surface area contributed by atoms with Crippen LogP contribution in [0.15, 0.2) is 12.1 Å². The number of aryl methyl sites for hydroxylation is 3. The van der Waals surface area contributed by atoms with Crippen molar-refractivity contribution < 1.29 is 5.11 Å². The Hall–Kier alpha value is -1.35. The third-order valence-electron chi connectivity index (χ3n) is 3.71. The molecule has 2 aromatic rings. The Morgan fingerprint density at radius 1 is 1.21 bits per heavy atom. The predicted octanol–water partition coefficient (Wildman–Crippen LogP) is 3.23. The maximum atomic E-state index is 9.20. The summed E-state index contributed by atoms with van der Waals surface area (Å²) in [5.41, 5.74) is 4.83. The summed E-state index contributed by atoms with van der Waals surface area (Å²) in [6, 6.07) is 4.37. The van der Waals surface area contributed by atoms with Crippen LogP contribution in [0.1, 0.15) is 37.2 Å². The number of aromatic nitrogens is 2. The van der Waals surface area contributed by atoms with E-state index in [0.29, 0.717) is 12.3 Å². The molecule has 1 N–H and O–H groups in total. The van der Waals surface area contributed by atoms with Gasteiger partial charge in [0.05, 0.1) is 17.6 Å². The molecule has 0 aliphatic rings. The van der Waals surface area contributed by atoms with Crippen LogP contribution in [-0.4, -0.2) is 21.3 Å². The van der Waals surface area contributed by atoms with E-state index >= 15 is 0 Å². The van der Waals surface area contributed by atoms with Crippen LogP contribution in [0.4, 0.5) is 0 Å². The zero-order valence-electron chi connectivity index (χ0n) is 12.4. The lowest BCUT2D eigenvalue weighted by Crippen LogP contribution is -2.08. The van der Waals surface area contributed by atoms with E-state index in [1.54, 1.807) is 0 Å². The summed E-state index contributed by atoms with van der Waals surface area (Å²) in [7, 11) is 0. The number of aliphatic hydroxyl groups excluding tert-OH is 1. The minimum Gasteiger partial charge on any atom is -0.396 e. The molecule has 1 aromatic heterocycles. The van der Waals surface area contributed by atoms with Gasteiger partial charge >= 0.3 is 0 Å². The Morgan fingerprint density at radius 3 is 2.53 bits per heavy atom. The monoisotopic (exact) mass is 260 g/mol. The normalized spacial score (nSPS) is 11.7. The van der Waals surface area contributed by atoms with Crippen LogP contribution in [0.25, 0.3) is 11.0 Å². The SMILES string of the molecule is Cc1cc2nc(CCO)n(CCC(C)C)c2cc1C. The van der Waals surface area contributed by atoms with Gasteiger partial charge in [0.2, 0.25) is 0 Å². The highest BCUT2D eigenvalue weighted by atomic mass is 16.3. The molecule has 2 rings (SSSR count). The van der Waals surface area contributed by atoms with Crippen LogP contribution >= 0.6 is 0 Å². The molecule has 0 bridgehead atoms. The molecule has 3 nitrogen and oxygen atoms in total. The van der Waals surface area contributed by atoms with Crippen molar-refractivity contribution >= 4 is 11.0 Å². The Morgan fingerprint density at radius 2 is 1.89 bits per heavy atom. The number of aliphatic hydroxyl groups is 1. The molecule has 0 fully saturated rings. The van der Waals surface area contributed by atoms with Gasteiger partial charge < -0.3 is 9.67 Å². The summed E-state index contributed by atoms with van der Waals surface area (Å²) in [4.78, 5) is 4.69. The molecule has 19 heavy (non-hydrogen) atoms. The smallest absolute Gasteiger partial charge is 0.112 e. The van der Waals surface area contributed by atoms with E-state index in [1.807, 2.05) is 0 Å². The van der Waals surface area contributed by atoms with Crippen molar-refractivity contribution in [2.75, 3.05) is 6.61 Å². The first-order valence-electron chi connectivity index (χ1n) is 7.10. The maximum Gasteiger partial charge on any atom is 0.112 e. The first-order chi connectivity index (χ1) is 9.02. The average molecular weight is 260 g/mol. The van der Waals surface area contributed by atoms with Crippen LogP contribution in [0.2, 0.25) is 0 Å². The maximum absolute atomic E-state index is 9.20. The quantitative estimate of drug-likeness (QED) is 0.896. The molecule has 0 radical (unpaired) electrons. The first kappa shape index (κ1) is 14.1. The Balaban J connectivity index is 2.48. The molecule has 0 saturated carbocycles. The third-order valence-corrected chi connectivity index (χ3v) is 3.71. The number of nitrogens with zero attached hydrogens (tertiary/aromatic N) is 2. The van der Waals surface area contributed by atoms with Gasteiger partial charge in [-0.1, -0.05) is 13.8 Å².